The van der Waals surface area contributed by atoms with E-state index in [0.29, 0.717) is 17.7 Å². The predicted octanol–water partition coefficient (Wildman–Crippen LogP) is 4.20. The highest BCUT2D eigenvalue weighted by molar-refractivity contribution is 5.97. The van der Waals surface area contributed by atoms with E-state index >= 15 is 0 Å². The molecule has 1 saturated heterocycles. The van der Waals surface area contributed by atoms with Gasteiger partial charge in [-0.2, -0.15) is 0 Å². The molecule has 7 heteroatoms. The number of carbonyl (C=O) groups excluding carboxylic acids is 2. The van der Waals surface area contributed by atoms with Gasteiger partial charge in [-0.3, -0.25) is 9.59 Å². The number of likely N-dealkylation sites (N-methyl/N-ethyl adjacent to an activating group) is 3. The number of piperazine rings is 1. The van der Waals surface area contributed by atoms with Crippen LogP contribution in [-0.2, 0) is 0 Å². The lowest BCUT2D eigenvalue weighted by Gasteiger charge is -2.34. The van der Waals surface area contributed by atoms with Gasteiger partial charge >= 0.3 is 0 Å². The fraction of sp³-hybridized carbons (Fsp3) is 0.375. The van der Waals surface area contributed by atoms with E-state index in [0.717, 1.165) is 60.7 Å². The first-order valence-corrected chi connectivity index (χ1v) is 13.7. The van der Waals surface area contributed by atoms with Crippen molar-refractivity contribution in [3.8, 4) is 11.1 Å². The SMILES string of the molecule is CNCCN(C)C(=O)c1cccc(-c2cccc([C@@H](C)NC(=O)c3cc(N4CCN(C)CC4)ccc3C)c2)c1. The first-order valence-electron chi connectivity index (χ1n) is 13.7. The van der Waals surface area contributed by atoms with E-state index in [1.165, 1.54) is 0 Å². The van der Waals surface area contributed by atoms with Gasteiger partial charge in [0, 0.05) is 63.1 Å². The maximum Gasteiger partial charge on any atom is 0.253 e. The van der Waals surface area contributed by atoms with Crippen LogP contribution in [0.1, 0.15) is 44.8 Å². The number of aryl methyl sites for hydroxylation is 1. The molecule has 0 aromatic heterocycles. The molecule has 7 nitrogen and oxygen atoms in total. The molecule has 0 saturated carbocycles. The van der Waals surface area contributed by atoms with Crippen LogP contribution in [0.2, 0.25) is 0 Å². The van der Waals surface area contributed by atoms with Gasteiger partial charge < -0.3 is 25.3 Å². The molecule has 0 radical (unpaired) electrons. The Kier molecular flexibility index (Phi) is 9.38. The Labute approximate surface area is 232 Å². The van der Waals surface area contributed by atoms with Crippen molar-refractivity contribution in [2.75, 3.05) is 65.3 Å². The number of rotatable bonds is 9. The molecular weight excluding hydrogens is 486 g/mol. The van der Waals surface area contributed by atoms with E-state index in [9.17, 15) is 9.59 Å². The molecule has 0 spiro atoms. The maximum atomic E-state index is 13.4. The van der Waals surface area contributed by atoms with Gasteiger partial charge in [-0.1, -0.05) is 36.4 Å². The summed E-state index contributed by atoms with van der Waals surface area (Å²) in [6, 6.07) is 21.9. The fourth-order valence-electron chi connectivity index (χ4n) is 4.89. The lowest BCUT2D eigenvalue weighted by Crippen LogP contribution is -2.44. The molecule has 3 aromatic rings. The van der Waals surface area contributed by atoms with Gasteiger partial charge in [0.2, 0.25) is 0 Å². The van der Waals surface area contributed by atoms with E-state index in [1.54, 1.807) is 4.90 Å². The summed E-state index contributed by atoms with van der Waals surface area (Å²) in [6.07, 6.45) is 0. The molecule has 1 heterocycles. The number of nitrogens with zero attached hydrogens (tertiary/aromatic N) is 3. The van der Waals surface area contributed by atoms with Crippen LogP contribution in [0.4, 0.5) is 5.69 Å². The van der Waals surface area contributed by atoms with Crippen molar-refractivity contribution in [3.05, 3.63) is 89.0 Å². The highest BCUT2D eigenvalue weighted by Gasteiger charge is 2.19. The van der Waals surface area contributed by atoms with Gasteiger partial charge in [0.15, 0.2) is 0 Å². The Bertz CT molecular complexity index is 1300. The molecule has 2 amide bonds. The third-order valence-electron chi connectivity index (χ3n) is 7.56. The molecule has 4 rings (SSSR count). The van der Waals surface area contributed by atoms with Crippen LogP contribution < -0.4 is 15.5 Å². The average molecular weight is 528 g/mol. The zero-order valence-corrected chi connectivity index (χ0v) is 23.8. The van der Waals surface area contributed by atoms with Gasteiger partial charge in [-0.25, -0.2) is 0 Å². The predicted molar refractivity (Wildman–Crippen MR) is 160 cm³/mol. The minimum atomic E-state index is -0.179. The summed E-state index contributed by atoms with van der Waals surface area (Å²) < 4.78 is 0. The molecule has 0 aliphatic carbocycles. The summed E-state index contributed by atoms with van der Waals surface area (Å²) in [5.74, 6) is -0.0726. The lowest BCUT2D eigenvalue weighted by molar-refractivity contribution is 0.0796. The van der Waals surface area contributed by atoms with E-state index in [-0.39, 0.29) is 17.9 Å². The van der Waals surface area contributed by atoms with Gasteiger partial charge in [0.05, 0.1) is 6.04 Å². The minimum Gasteiger partial charge on any atom is -0.369 e. The van der Waals surface area contributed by atoms with E-state index in [4.69, 9.17) is 0 Å². The Balaban J connectivity index is 1.48. The lowest BCUT2D eigenvalue weighted by atomic mass is 9.98. The zero-order valence-electron chi connectivity index (χ0n) is 23.8. The molecule has 1 aliphatic heterocycles. The summed E-state index contributed by atoms with van der Waals surface area (Å²) in [5.41, 5.74) is 6.42. The van der Waals surface area contributed by atoms with Gasteiger partial charge in [0.1, 0.15) is 0 Å². The molecule has 0 unspecified atom stereocenters. The van der Waals surface area contributed by atoms with Gasteiger partial charge in [-0.05, 0) is 80.5 Å². The van der Waals surface area contributed by atoms with E-state index in [2.05, 4.69) is 39.6 Å². The van der Waals surface area contributed by atoms with Crippen molar-refractivity contribution >= 4 is 17.5 Å². The van der Waals surface area contributed by atoms with Crippen LogP contribution >= 0.6 is 0 Å². The molecule has 1 atom stereocenters. The highest BCUT2D eigenvalue weighted by Crippen LogP contribution is 2.26. The number of carbonyl (C=O) groups is 2. The van der Waals surface area contributed by atoms with Crippen LogP contribution in [0, 0.1) is 6.92 Å². The molecule has 0 bridgehead atoms. The largest absolute Gasteiger partial charge is 0.369 e. The zero-order chi connectivity index (χ0) is 27.9. The monoisotopic (exact) mass is 527 g/mol. The van der Waals surface area contributed by atoms with Gasteiger partial charge in [-0.15, -0.1) is 0 Å². The topological polar surface area (TPSA) is 67.9 Å². The summed E-state index contributed by atoms with van der Waals surface area (Å²) in [6.45, 7) is 9.34. The summed E-state index contributed by atoms with van der Waals surface area (Å²) in [5, 5.41) is 6.28. The van der Waals surface area contributed by atoms with Crippen LogP contribution in [0.15, 0.2) is 66.7 Å². The van der Waals surface area contributed by atoms with Gasteiger partial charge in [0.25, 0.3) is 11.8 Å². The standard InChI is InChI=1S/C32H41N5O2/c1-23-12-13-29(37-18-16-35(4)17-19-37)22-30(23)31(38)34-24(2)25-8-6-9-26(20-25)27-10-7-11-28(21-27)32(39)36(5)15-14-33-3/h6-13,20-22,24,33H,14-19H2,1-5H3,(H,34,38)/t24-/m1/s1. The second kappa shape index (κ2) is 12.9. The highest BCUT2D eigenvalue weighted by atomic mass is 16.2. The molecule has 39 heavy (non-hydrogen) atoms. The molecule has 1 fully saturated rings. The minimum absolute atomic E-state index is 0.00180. The van der Waals surface area contributed by atoms with Crippen molar-refractivity contribution < 1.29 is 9.59 Å². The number of benzene rings is 3. The summed E-state index contributed by atoms with van der Waals surface area (Å²) in [7, 11) is 5.84. The van der Waals surface area contributed by atoms with Crippen molar-refractivity contribution in [3.63, 3.8) is 0 Å². The molecule has 2 N–H and O–H groups in total. The Morgan fingerprint density at radius 1 is 0.949 bits per heavy atom. The number of hydrogen-bond acceptors (Lipinski definition) is 5. The average Bonchev–Trinajstić information content (AvgIpc) is 2.96. The smallest absolute Gasteiger partial charge is 0.253 e. The van der Waals surface area contributed by atoms with Crippen molar-refractivity contribution in [1.29, 1.82) is 0 Å². The number of anilines is 1. The molecular formula is C32H41N5O2. The Morgan fingerprint density at radius 2 is 1.64 bits per heavy atom. The van der Waals surface area contributed by atoms with E-state index < -0.39 is 0 Å². The quantitative estimate of drug-likeness (QED) is 0.437. The second-order valence-electron chi connectivity index (χ2n) is 10.5. The first kappa shape index (κ1) is 28.3. The maximum absolute atomic E-state index is 13.4. The number of nitrogens with one attached hydrogen (secondary N) is 2. The number of hydrogen-bond donors (Lipinski definition) is 2. The van der Waals surface area contributed by atoms with Crippen LogP contribution in [0.5, 0.6) is 0 Å². The Morgan fingerprint density at radius 3 is 2.36 bits per heavy atom. The summed E-state index contributed by atoms with van der Waals surface area (Å²) in [4.78, 5) is 32.6. The van der Waals surface area contributed by atoms with Crippen LogP contribution in [0.3, 0.4) is 0 Å². The van der Waals surface area contributed by atoms with Crippen LogP contribution in [0.25, 0.3) is 11.1 Å². The molecule has 1 aliphatic rings. The Hall–Kier alpha value is -3.68. The van der Waals surface area contributed by atoms with Crippen molar-refractivity contribution in [2.45, 2.75) is 19.9 Å². The van der Waals surface area contributed by atoms with E-state index in [1.807, 2.05) is 82.5 Å². The second-order valence-corrected chi connectivity index (χ2v) is 10.5. The van der Waals surface area contributed by atoms with Crippen LogP contribution in [-0.4, -0.2) is 82.0 Å². The third-order valence-corrected chi connectivity index (χ3v) is 7.56. The van der Waals surface area contributed by atoms with Crippen molar-refractivity contribution in [1.82, 2.24) is 20.4 Å². The number of amides is 2. The van der Waals surface area contributed by atoms with Crippen molar-refractivity contribution in [2.24, 2.45) is 0 Å². The normalized spacial score (nSPS) is 14.6. The summed E-state index contributed by atoms with van der Waals surface area (Å²) >= 11 is 0. The molecule has 206 valence electrons. The fourth-order valence-corrected chi connectivity index (χ4v) is 4.89. The third kappa shape index (κ3) is 7.05. The molecule has 3 aromatic carbocycles. The first-order chi connectivity index (χ1) is 18.8.